The predicted molar refractivity (Wildman–Crippen MR) is 61.2 cm³/mol. The number of ether oxygens (including phenoxy) is 2. The average molecular weight is 237 g/mol. The lowest BCUT2D eigenvalue weighted by molar-refractivity contribution is -0.120. The third-order valence-electron chi connectivity index (χ3n) is 2.41. The summed E-state index contributed by atoms with van der Waals surface area (Å²) < 4.78 is 10.8. The Morgan fingerprint density at radius 1 is 1.29 bits per heavy atom. The summed E-state index contributed by atoms with van der Waals surface area (Å²) in [6, 6.07) is 5.46. The standard InChI is InChI=1S/C12H15NO4/c14-4-3-13-12(15)8-9-1-2-10-11(7-9)17-6-5-16-10/h1-2,7,14H,3-6,8H2,(H,13,15). The van der Waals surface area contributed by atoms with E-state index in [1.165, 1.54) is 0 Å². The van der Waals surface area contributed by atoms with Gasteiger partial charge in [-0.3, -0.25) is 4.79 Å². The molecule has 0 unspecified atom stereocenters. The third kappa shape index (κ3) is 3.10. The Kier molecular flexibility index (Phi) is 3.82. The molecule has 0 saturated heterocycles. The van der Waals surface area contributed by atoms with Crippen molar-refractivity contribution in [3.05, 3.63) is 23.8 Å². The molecule has 1 amide bonds. The number of nitrogens with one attached hydrogen (secondary N) is 1. The number of amides is 1. The zero-order chi connectivity index (χ0) is 12.1. The van der Waals surface area contributed by atoms with Gasteiger partial charge in [0.15, 0.2) is 11.5 Å². The van der Waals surface area contributed by atoms with E-state index < -0.39 is 0 Å². The lowest BCUT2D eigenvalue weighted by atomic mass is 10.1. The monoisotopic (exact) mass is 237 g/mol. The van der Waals surface area contributed by atoms with Crippen molar-refractivity contribution < 1.29 is 19.4 Å². The molecule has 2 N–H and O–H groups in total. The van der Waals surface area contributed by atoms with Crippen molar-refractivity contribution in [2.45, 2.75) is 6.42 Å². The van der Waals surface area contributed by atoms with Crippen LogP contribution in [-0.4, -0.2) is 37.4 Å². The molecule has 0 aromatic heterocycles. The molecule has 92 valence electrons. The molecular formula is C12H15NO4. The Hall–Kier alpha value is -1.75. The van der Waals surface area contributed by atoms with E-state index >= 15 is 0 Å². The van der Waals surface area contributed by atoms with Crippen molar-refractivity contribution in [2.75, 3.05) is 26.4 Å². The predicted octanol–water partition coefficient (Wildman–Crippen LogP) is 0.109. The second-order valence-electron chi connectivity index (χ2n) is 3.73. The fourth-order valence-corrected chi connectivity index (χ4v) is 1.64. The molecule has 0 bridgehead atoms. The number of fused-ring (bicyclic) bond motifs is 1. The van der Waals surface area contributed by atoms with E-state index in [2.05, 4.69) is 5.32 Å². The summed E-state index contributed by atoms with van der Waals surface area (Å²) in [7, 11) is 0. The second kappa shape index (κ2) is 5.54. The minimum atomic E-state index is -0.115. The summed E-state index contributed by atoms with van der Waals surface area (Å²) >= 11 is 0. The van der Waals surface area contributed by atoms with E-state index in [1.807, 2.05) is 18.2 Å². The molecule has 1 aliphatic rings. The number of hydrogen-bond acceptors (Lipinski definition) is 4. The summed E-state index contributed by atoms with van der Waals surface area (Å²) in [4.78, 5) is 11.4. The van der Waals surface area contributed by atoms with Crippen LogP contribution in [0.1, 0.15) is 5.56 Å². The van der Waals surface area contributed by atoms with Crippen LogP contribution in [0.25, 0.3) is 0 Å². The maximum Gasteiger partial charge on any atom is 0.224 e. The van der Waals surface area contributed by atoms with Gasteiger partial charge in [-0.1, -0.05) is 6.07 Å². The highest BCUT2D eigenvalue weighted by Crippen LogP contribution is 2.30. The van der Waals surface area contributed by atoms with E-state index in [4.69, 9.17) is 14.6 Å². The highest BCUT2D eigenvalue weighted by atomic mass is 16.6. The van der Waals surface area contributed by atoms with Crippen molar-refractivity contribution in [2.24, 2.45) is 0 Å². The first-order valence-electron chi connectivity index (χ1n) is 5.55. The molecule has 5 heteroatoms. The van der Waals surface area contributed by atoms with Gasteiger partial charge in [-0.05, 0) is 17.7 Å². The topological polar surface area (TPSA) is 67.8 Å². The van der Waals surface area contributed by atoms with Crippen LogP contribution >= 0.6 is 0 Å². The third-order valence-corrected chi connectivity index (χ3v) is 2.41. The van der Waals surface area contributed by atoms with E-state index in [-0.39, 0.29) is 25.5 Å². The van der Waals surface area contributed by atoms with E-state index in [0.717, 1.165) is 11.3 Å². The molecule has 5 nitrogen and oxygen atoms in total. The maximum absolute atomic E-state index is 11.4. The number of aliphatic hydroxyl groups excluding tert-OH is 1. The molecule has 2 rings (SSSR count). The van der Waals surface area contributed by atoms with Gasteiger partial charge in [0.2, 0.25) is 5.91 Å². The number of carbonyl (C=O) groups excluding carboxylic acids is 1. The quantitative estimate of drug-likeness (QED) is 0.780. The summed E-state index contributed by atoms with van der Waals surface area (Å²) in [5.74, 6) is 1.29. The van der Waals surface area contributed by atoms with E-state index in [9.17, 15) is 4.79 Å². The molecule has 1 aromatic carbocycles. The van der Waals surface area contributed by atoms with E-state index in [0.29, 0.717) is 19.0 Å². The van der Waals surface area contributed by atoms with Gasteiger partial charge in [-0.15, -0.1) is 0 Å². The summed E-state index contributed by atoms with van der Waals surface area (Å²) in [6.07, 6.45) is 0.274. The Labute approximate surface area is 99.3 Å². The minimum absolute atomic E-state index is 0.0487. The molecular weight excluding hydrogens is 222 g/mol. The molecule has 0 spiro atoms. The Bertz CT molecular complexity index is 405. The lowest BCUT2D eigenvalue weighted by Gasteiger charge is -2.18. The van der Waals surface area contributed by atoms with Crippen molar-refractivity contribution in [1.29, 1.82) is 0 Å². The SMILES string of the molecule is O=C(Cc1ccc2c(c1)OCCO2)NCCO. The fraction of sp³-hybridized carbons (Fsp3) is 0.417. The van der Waals surface area contributed by atoms with Gasteiger partial charge in [-0.2, -0.15) is 0 Å². The van der Waals surface area contributed by atoms with Crippen molar-refractivity contribution in [1.82, 2.24) is 5.32 Å². The first-order chi connectivity index (χ1) is 8.29. The highest BCUT2D eigenvalue weighted by molar-refractivity contribution is 5.78. The molecule has 0 radical (unpaired) electrons. The maximum atomic E-state index is 11.4. The molecule has 1 aromatic rings. The van der Waals surface area contributed by atoms with Gasteiger partial charge in [0.05, 0.1) is 13.0 Å². The summed E-state index contributed by atoms with van der Waals surface area (Å²) in [5.41, 5.74) is 0.865. The molecule has 1 heterocycles. The molecule has 0 aliphatic carbocycles. The summed E-state index contributed by atoms with van der Waals surface area (Å²) in [6.45, 7) is 1.33. The molecule has 1 aliphatic heterocycles. The average Bonchev–Trinajstić information content (AvgIpc) is 2.36. The van der Waals surface area contributed by atoms with Gasteiger partial charge in [0.1, 0.15) is 13.2 Å². The van der Waals surface area contributed by atoms with Crippen molar-refractivity contribution >= 4 is 5.91 Å². The van der Waals surface area contributed by atoms with Crippen LogP contribution in [0, 0.1) is 0 Å². The molecule has 0 saturated carbocycles. The van der Waals surface area contributed by atoms with Crippen molar-refractivity contribution in [3.8, 4) is 11.5 Å². The zero-order valence-corrected chi connectivity index (χ0v) is 9.44. The van der Waals surface area contributed by atoms with Crippen LogP contribution in [0.15, 0.2) is 18.2 Å². The van der Waals surface area contributed by atoms with Gasteiger partial charge in [0.25, 0.3) is 0 Å². The minimum Gasteiger partial charge on any atom is -0.486 e. The molecule has 0 fully saturated rings. The molecule has 0 atom stereocenters. The van der Waals surface area contributed by atoms with Gasteiger partial charge in [-0.25, -0.2) is 0 Å². The smallest absolute Gasteiger partial charge is 0.224 e. The first kappa shape index (κ1) is 11.7. The number of rotatable bonds is 4. The van der Waals surface area contributed by atoms with Crippen LogP contribution in [0.4, 0.5) is 0 Å². The number of carbonyl (C=O) groups is 1. The zero-order valence-electron chi connectivity index (χ0n) is 9.44. The number of aliphatic hydroxyl groups is 1. The Morgan fingerprint density at radius 3 is 2.82 bits per heavy atom. The van der Waals surface area contributed by atoms with E-state index in [1.54, 1.807) is 0 Å². The number of benzene rings is 1. The first-order valence-corrected chi connectivity index (χ1v) is 5.55. The van der Waals surface area contributed by atoms with Gasteiger partial charge < -0.3 is 19.9 Å². The Balaban J connectivity index is 1.99. The van der Waals surface area contributed by atoms with Crippen LogP contribution in [0.5, 0.6) is 11.5 Å². The normalized spacial score (nSPS) is 13.2. The second-order valence-corrected chi connectivity index (χ2v) is 3.73. The van der Waals surface area contributed by atoms with Crippen molar-refractivity contribution in [3.63, 3.8) is 0 Å². The van der Waals surface area contributed by atoms with Crippen LogP contribution in [0.3, 0.4) is 0 Å². The number of hydrogen-bond donors (Lipinski definition) is 2. The van der Waals surface area contributed by atoms with Gasteiger partial charge >= 0.3 is 0 Å². The largest absolute Gasteiger partial charge is 0.486 e. The van der Waals surface area contributed by atoms with Crippen LogP contribution in [-0.2, 0) is 11.2 Å². The fourth-order valence-electron chi connectivity index (χ4n) is 1.64. The summed E-state index contributed by atoms with van der Waals surface area (Å²) in [5, 5.41) is 11.2. The van der Waals surface area contributed by atoms with Crippen LogP contribution in [0.2, 0.25) is 0 Å². The highest BCUT2D eigenvalue weighted by Gasteiger charge is 2.12. The Morgan fingerprint density at radius 2 is 2.06 bits per heavy atom. The molecule has 17 heavy (non-hydrogen) atoms. The van der Waals surface area contributed by atoms with Gasteiger partial charge in [0, 0.05) is 6.54 Å². The van der Waals surface area contributed by atoms with Crippen LogP contribution < -0.4 is 14.8 Å². The lowest BCUT2D eigenvalue weighted by Crippen LogP contribution is -2.27.